The van der Waals surface area contributed by atoms with Crippen molar-refractivity contribution in [1.29, 1.82) is 0 Å². The van der Waals surface area contributed by atoms with E-state index in [4.69, 9.17) is 9.47 Å². The van der Waals surface area contributed by atoms with Crippen LogP contribution in [0.1, 0.15) is 15.4 Å². The summed E-state index contributed by atoms with van der Waals surface area (Å²) >= 11 is 1.35. The van der Waals surface area contributed by atoms with E-state index in [-0.39, 0.29) is 5.91 Å². The number of benzene rings is 1. The second kappa shape index (κ2) is 6.76. The molecule has 6 nitrogen and oxygen atoms in total. The molecule has 0 aliphatic rings. The molecule has 7 heteroatoms. The lowest BCUT2D eigenvalue weighted by Crippen LogP contribution is -2.35. The summed E-state index contributed by atoms with van der Waals surface area (Å²) in [6.45, 7) is 1.82. The molecule has 0 aliphatic carbocycles. The van der Waals surface area contributed by atoms with Crippen LogP contribution >= 0.6 is 11.3 Å². The van der Waals surface area contributed by atoms with Gasteiger partial charge in [-0.3, -0.25) is 10.2 Å². The van der Waals surface area contributed by atoms with Gasteiger partial charge >= 0.3 is 0 Å². The van der Waals surface area contributed by atoms with Gasteiger partial charge in [-0.25, -0.2) is 9.99 Å². The predicted molar refractivity (Wildman–Crippen MR) is 86.5 cm³/mol. The molecule has 1 N–H and O–H groups in total. The Morgan fingerprint density at radius 1 is 1.23 bits per heavy atom. The lowest BCUT2D eigenvalue weighted by atomic mass is 10.2. The van der Waals surface area contributed by atoms with Crippen molar-refractivity contribution < 1.29 is 14.3 Å². The van der Waals surface area contributed by atoms with E-state index in [1.54, 1.807) is 33.3 Å². The number of hydrogen-bond donors (Lipinski definition) is 1. The molecule has 1 aromatic heterocycles. The summed E-state index contributed by atoms with van der Waals surface area (Å²) in [6, 6.07) is 5.57. The third kappa shape index (κ3) is 3.37. The molecule has 0 spiro atoms. The van der Waals surface area contributed by atoms with Crippen LogP contribution in [-0.4, -0.2) is 44.2 Å². The number of rotatable bonds is 5. The van der Waals surface area contributed by atoms with Crippen molar-refractivity contribution >= 4 is 17.2 Å². The van der Waals surface area contributed by atoms with E-state index in [0.717, 1.165) is 10.6 Å². The van der Waals surface area contributed by atoms with Gasteiger partial charge in [0.2, 0.25) is 0 Å². The van der Waals surface area contributed by atoms with Gasteiger partial charge in [-0.15, -0.1) is 11.3 Å². The molecule has 22 heavy (non-hydrogen) atoms. The van der Waals surface area contributed by atoms with E-state index in [1.165, 1.54) is 11.3 Å². The molecule has 1 amide bonds. The summed E-state index contributed by atoms with van der Waals surface area (Å²) in [5, 5.41) is 2.37. The molecule has 2 aromatic rings. The molecular formula is C15H19N3O3S. The molecule has 0 atom stereocenters. The molecule has 0 saturated carbocycles. The van der Waals surface area contributed by atoms with Crippen LogP contribution in [-0.2, 0) is 0 Å². The first kappa shape index (κ1) is 16.3. The van der Waals surface area contributed by atoms with Crippen LogP contribution < -0.4 is 14.9 Å². The SMILES string of the molecule is COc1ccc(-c2nc(C)c(C(=O)NN(C)C)s2)cc1OC. The third-order valence-electron chi connectivity index (χ3n) is 2.96. The van der Waals surface area contributed by atoms with Crippen molar-refractivity contribution in [3.8, 4) is 22.1 Å². The number of ether oxygens (including phenoxy) is 2. The first-order chi connectivity index (χ1) is 10.5. The average molecular weight is 321 g/mol. The molecule has 118 valence electrons. The number of carbonyl (C=O) groups is 1. The van der Waals surface area contributed by atoms with Crippen molar-refractivity contribution in [1.82, 2.24) is 15.4 Å². The van der Waals surface area contributed by atoms with E-state index < -0.39 is 0 Å². The number of hydrogen-bond acceptors (Lipinski definition) is 6. The van der Waals surface area contributed by atoms with Crippen LogP contribution in [0, 0.1) is 6.92 Å². The molecular weight excluding hydrogens is 302 g/mol. The largest absolute Gasteiger partial charge is 0.493 e. The van der Waals surface area contributed by atoms with E-state index in [2.05, 4.69) is 10.4 Å². The molecule has 0 fully saturated rings. The van der Waals surface area contributed by atoms with E-state index >= 15 is 0 Å². The van der Waals surface area contributed by atoms with Gasteiger partial charge in [0.15, 0.2) is 11.5 Å². The normalized spacial score (nSPS) is 10.6. The second-order valence-corrected chi connectivity index (χ2v) is 5.84. The van der Waals surface area contributed by atoms with Gasteiger partial charge in [0, 0.05) is 19.7 Å². The Bertz CT molecular complexity index is 683. The number of aryl methyl sites for hydroxylation is 1. The minimum absolute atomic E-state index is 0.160. The summed E-state index contributed by atoms with van der Waals surface area (Å²) in [7, 11) is 6.71. The first-order valence-corrected chi connectivity index (χ1v) is 7.46. The maximum absolute atomic E-state index is 12.1. The smallest absolute Gasteiger partial charge is 0.277 e. The van der Waals surface area contributed by atoms with Crippen molar-refractivity contribution in [2.24, 2.45) is 0 Å². The van der Waals surface area contributed by atoms with Gasteiger partial charge in [-0.05, 0) is 25.1 Å². The first-order valence-electron chi connectivity index (χ1n) is 6.64. The summed E-state index contributed by atoms with van der Waals surface area (Å²) < 4.78 is 10.5. The van der Waals surface area contributed by atoms with Crippen LogP contribution in [0.3, 0.4) is 0 Å². The van der Waals surface area contributed by atoms with Gasteiger partial charge in [0.05, 0.1) is 19.9 Å². The predicted octanol–water partition coefficient (Wildman–Crippen LogP) is 2.34. The third-order valence-corrected chi connectivity index (χ3v) is 4.16. The van der Waals surface area contributed by atoms with Gasteiger partial charge in [-0.2, -0.15) is 0 Å². The summed E-state index contributed by atoms with van der Waals surface area (Å²) in [4.78, 5) is 17.2. The van der Waals surface area contributed by atoms with Gasteiger partial charge in [0.1, 0.15) is 9.88 Å². The Balaban J connectivity index is 2.36. The second-order valence-electron chi connectivity index (χ2n) is 4.84. The summed E-state index contributed by atoms with van der Waals surface area (Å²) in [5.41, 5.74) is 4.31. The standard InChI is InChI=1S/C15H19N3O3S/c1-9-13(14(19)17-18(2)3)22-15(16-9)10-6-7-11(20-4)12(8-10)21-5/h6-8H,1-5H3,(H,17,19). The highest BCUT2D eigenvalue weighted by Crippen LogP contribution is 2.34. The fourth-order valence-corrected chi connectivity index (χ4v) is 2.91. The Morgan fingerprint density at radius 2 is 1.91 bits per heavy atom. The number of carbonyl (C=O) groups excluding carboxylic acids is 1. The molecule has 0 unspecified atom stereocenters. The molecule has 1 aromatic carbocycles. The van der Waals surface area contributed by atoms with E-state index in [1.807, 2.05) is 25.1 Å². The van der Waals surface area contributed by atoms with Crippen molar-refractivity contribution in [3.63, 3.8) is 0 Å². The Morgan fingerprint density at radius 3 is 2.50 bits per heavy atom. The number of hydrazine groups is 1. The minimum Gasteiger partial charge on any atom is -0.493 e. The lowest BCUT2D eigenvalue weighted by Gasteiger charge is -2.10. The molecule has 0 saturated heterocycles. The van der Waals surface area contributed by atoms with E-state index in [0.29, 0.717) is 22.1 Å². The van der Waals surface area contributed by atoms with Gasteiger partial charge in [0.25, 0.3) is 5.91 Å². The number of amides is 1. The van der Waals surface area contributed by atoms with E-state index in [9.17, 15) is 4.79 Å². The number of nitrogens with one attached hydrogen (secondary N) is 1. The van der Waals surface area contributed by atoms with Crippen molar-refractivity contribution in [2.45, 2.75) is 6.92 Å². The van der Waals surface area contributed by atoms with Crippen LogP contribution in [0.15, 0.2) is 18.2 Å². The average Bonchev–Trinajstić information content (AvgIpc) is 2.87. The van der Waals surface area contributed by atoms with Gasteiger partial charge < -0.3 is 9.47 Å². The number of aromatic nitrogens is 1. The summed E-state index contributed by atoms with van der Waals surface area (Å²) in [6.07, 6.45) is 0. The Kier molecular flexibility index (Phi) is 4.99. The Hall–Kier alpha value is -2.12. The quantitative estimate of drug-likeness (QED) is 0.857. The maximum Gasteiger partial charge on any atom is 0.277 e. The highest BCUT2D eigenvalue weighted by atomic mass is 32.1. The van der Waals surface area contributed by atoms with Gasteiger partial charge in [-0.1, -0.05) is 0 Å². The molecule has 2 rings (SSSR count). The van der Waals surface area contributed by atoms with Crippen LogP contribution in [0.5, 0.6) is 11.5 Å². The van der Waals surface area contributed by atoms with Crippen LogP contribution in [0.2, 0.25) is 0 Å². The zero-order valence-corrected chi connectivity index (χ0v) is 14.1. The molecule has 1 heterocycles. The van der Waals surface area contributed by atoms with Crippen molar-refractivity contribution in [2.75, 3.05) is 28.3 Å². The monoisotopic (exact) mass is 321 g/mol. The summed E-state index contributed by atoms with van der Waals surface area (Å²) in [5.74, 6) is 1.13. The highest BCUT2D eigenvalue weighted by molar-refractivity contribution is 7.17. The maximum atomic E-state index is 12.1. The molecule has 0 aliphatic heterocycles. The van der Waals surface area contributed by atoms with Crippen LogP contribution in [0.4, 0.5) is 0 Å². The minimum atomic E-state index is -0.160. The molecule has 0 radical (unpaired) electrons. The topological polar surface area (TPSA) is 63.7 Å². The van der Waals surface area contributed by atoms with Crippen LogP contribution in [0.25, 0.3) is 10.6 Å². The fourth-order valence-electron chi connectivity index (χ4n) is 1.95. The lowest BCUT2D eigenvalue weighted by molar-refractivity contribution is 0.0860. The zero-order chi connectivity index (χ0) is 16.3. The number of thiazole rings is 1. The molecule has 0 bridgehead atoms. The number of nitrogens with zero attached hydrogens (tertiary/aromatic N) is 2. The Labute approximate surface area is 133 Å². The highest BCUT2D eigenvalue weighted by Gasteiger charge is 2.17. The fraction of sp³-hybridized carbons (Fsp3) is 0.333. The number of methoxy groups -OCH3 is 2. The zero-order valence-electron chi connectivity index (χ0n) is 13.3. The van der Waals surface area contributed by atoms with Crippen molar-refractivity contribution in [3.05, 3.63) is 28.8 Å².